The molecule has 2 rings (SSSR count). The predicted molar refractivity (Wildman–Crippen MR) is 199 cm³/mol. The molecule has 0 saturated carbocycles. The maximum Gasteiger partial charge on any atom is 0.326 e. The van der Waals surface area contributed by atoms with Crippen molar-refractivity contribution in [2.75, 3.05) is 25.2 Å². The Bertz CT molecular complexity index is 1560. The largest absolute Gasteiger partial charge is 0.480 e. The van der Waals surface area contributed by atoms with Crippen molar-refractivity contribution in [3.05, 3.63) is 18.2 Å². The van der Waals surface area contributed by atoms with Gasteiger partial charge in [0.05, 0.1) is 31.8 Å². The second kappa shape index (κ2) is 22.9. The van der Waals surface area contributed by atoms with Gasteiger partial charge in [-0.1, -0.05) is 13.8 Å². The summed E-state index contributed by atoms with van der Waals surface area (Å²) in [6.45, 7) is 2.78. The van der Waals surface area contributed by atoms with Crippen LogP contribution in [0, 0.1) is 5.92 Å². The third-order valence-electron chi connectivity index (χ3n) is 8.61. The Balaban J connectivity index is 2.28. The number of aliphatic carboxylic acids is 1. The van der Waals surface area contributed by atoms with Crippen LogP contribution in [0.1, 0.15) is 58.1 Å². The molecule has 0 aromatic carbocycles. The molecule has 0 unspecified atom stereocenters. The van der Waals surface area contributed by atoms with E-state index in [-0.39, 0.29) is 38.1 Å². The van der Waals surface area contributed by atoms with E-state index in [1.54, 1.807) is 6.26 Å². The number of primary amides is 2. The van der Waals surface area contributed by atoms with Crippen molar-refractivity contribution in [3.63, 3.8) is 0 Å². The molecule has 1 aliphatic rings. The van der Waals surface area contributed by atoms with Crippen LogP contribution in [0.25, 0.3) is 0 Å². The fraction of sp³-hybridized carbons (Fsp3) is 0.636. The van der Waals surface area contributed by atoms with Crippen molar-refractivity contribution in [1.82, 2.24) is 41.5 Å². The summed E-state index contributed by atoms with van der Waals surface area (Å²) < 4.78 is 0. The van der Waals surface area contributed by atoms with Gasteiger partial charge < -0.3 is 63.9 Å². The number of carbonyl (C=O) groups excluding carboxylic acids is 8. The number of likely N-dealkylation sites (tertiary alicyclic amines) is 1. The number of H-pyrrole nitrogens is 1. The number of aliphatic hydroxyl groups is 1. The fourth-order valence-corrected chi connectivity index (χ4v) is 6.26. The maximum atomic E-state index is 14.0. The van der Waals surface area contributed by atoms with E-state index in [2.05, 4.69) is 36.6 Å². The van der Waals surface area contributed by atoms with E-state index in [9.17, 15) is 53.4 Å². The minimum Gasteiger partial charge on any atom is -0.480 e. The number of aromatic nitrogens is 2. The monoisotopic (exact) mass is 811 g/mol. The molecule has 7 atom stereocenters. The molecule has 14 N–H and O–H groups in total. The standard InChI is InChI=1S/C33H53N11O11S/c1-16(2)9-22(33(54)55)42-31(52)24-5-4-7-44(24)32(53)19(6-8-56-3)39-28(49)20(10-17-13-37-15-38-17)41-30(51)23(14-45)43-29(50)21(12-26(36)47)40-27(48)18(34)11-25(35)46/h13,15-16,18-24,45H,4-12,14,34H2,1-3H3,(H2,35,46)(H2,36,47)(H,37,38)(H,39,49)(H,40,48)(H,41,51)(H,42,52)(H,43,50)(H,54,55)/t18-,19-,20-,21-,22-,23-,24-/m0/s1. The summed E-state index contributed by atoms with van der Waals surface area (Å²) in [5, 5.41) is 31.7. The number of thioether (sulfide) groups is 1. The van der Waals surface area contributed by atoms with Gasteiger partial charge >= 0.3 is 5.97 Å². The second-order valence-corrected chi connectivity index (χ2v) is 14.6. The average Bonchev–Trinajstić information content (AvgIpc) is 3.83. The van der Waals surface area contributed by atoms with Crippen LogP contribution < -0.4 is 43.8 Å². The van der Waals surface area contributed by atoms with Gasteiger partial charge in [0.25, 0.3) is 0 Å². The number of aliphatic hydroxyl groups excluding tert-OH is 1. The van der Waals surface area contributed by atoms with Crippen LogP contribution in [0.5, 0.6) is 0 Å². The van der Waals surface area contributed by atoms with Crippen LogP contribution in [0.2, 0.25) is 0 Å². The van der Waals surface area contributed by atoms with Crippen LogP contribution in [-0.4, -0.2) is 146 Å². The molecule has 1 saturated heterocycles. The normalized spacial score (nSPS) is 17.0. The Labute approximate surface area is 326 Å². The SMILES string of the molecule is CSCC[C@H](NC(=O)[C@H](Cc1cnc[nH]1)NC(=O)[C@H](CO)NC(=O)[C@H](CC(N)=O)NC(=O)[C@@H](N)CC(N)=O)C(=O)N1CCC[C@H]1C(=O)N[C@@H](CC(C)C)C(=O)O. The highest BCUT2D eigenvalue weighted by molar-refractivity contribution is 7.98. The predicted octanol–water partition coefficient (Wildman–Crippen LogP) is -4.68. The minimum absolute atomic E-state index is 0.0329. The zero-order chi connectivity index (χ0) is 42.1. The first-order valence-electron chi connectivity index (χ1n) is 17.8. The van der Waals surface area contributed by atoms with E-state index in [1.807, 2.05) is 13.8 Å². The number of carboxylic acids is 1. The number of nitrogens with zero attached hydrogens (tertiary/aromatic N) is 2. The molecule has 8 amide bonds. The third kappa shape index (κ3) is 15.1. The molecule has 0 aliphatic carbocycles. The summed E-state index contributed by atoms with van der Waals surface area (Å²) in [6.07, 6.45) is 3.97. The number of aromatic amines is 1. The Morgan fingerprint density at radius 3 is 2.02 bits per heavy atom. The van der Waals surface area contributed by atoms with E-state index < -0.39 is 115 Å². The maximum absolute atomic E-state index is 14.0. The molecule has 1 aliphatic heterocycles. The number of carbonyl (C=O) groups is 9. The first kappa shape index (κ1) is 46.9. The number of rotatable bonds is 24. The molecule has 0 spiro atoms. The molecule has 0 bridgehead atoms. The fourth-order valence-electron chi connectivity index (χ4n) is 5.79. The van der Waals surface area contributed by atoms with Gasteiger partial charge in [0.2, 0.25) is 47.3 Å². The zero-order valence-corrected chi connectivity index (χ0v) is 32.3. The molecular formula is C33H53N11O11S. The molecule has 1 aromatic heterocycles. The number of hydrogen-bond donors (Lipinski definition) is 11. The van der Waals surface area contributed by atoms with E-state index >= 15 is 0 Å². The van der Waals surface area contributed by atoms with Crippen LogP contribution >= 0.6 is 11.8 Å². The number of amides is 8. The summed E-state index contributed by atoms with van der Waals surface area (Å²) >= 11 is 1.39. The van der Waals surface area contributed by atoms with Gasteiger partial charge in [-0.05, 0) is 43.6 Å². The number of hydrogen-bond acceptors (Lipinski definition) is 13. The summed E-state index contributed by atoms with van der Waals surface area (Å²) in [5.74, 6) is -8.10. The molecule has 56 heavy (non-hydrogen) atoms. The topological polar surface area (TPSA) is 364 Å². The van der Waals surface area contributed by atoms with E-state index in [0.29, 0.717) is 17.9 Å². The van der Waals surface area contributed by atoms with E-state index in [1.165, 1.54) is 29.2 Å². The summed E-state index contributed by atoms with van der Waals surface area (Å²) in [4.78, 5) is 123. The Morgan fingerprint density at radius 2 is 1.46 bits per heavy atom. The molecule has 0 radical (unpaired) electrons. The van der Waals surface area contributed by atoms with Crippen molar-refractivity contribution in [2.45, 2.75) is 101 Å². The van der Waals surface area contributed by atoms with Gasteiger partial charge in [-0.15, -0.1) is 0 Å². The second-order valence-electron chi connectivity index (χ2n) is 13.7. The molecular weight excluding hydrogens is 758 g/mol. The van der Waals surface area contributed by atoms with Crippen LogP contribution in [0.15, 0.2) is 12.5 Å². The van der Waals surface area contributed by atoms with Crippen molar-refractivity contribution in [2.24, 2.45) is 23.1 Å². The highest BCUT2D eigenvalue weighted by Gasteiger charge is 2.40. The van der Waals surface area contributed by atoms with Crippen molar-refractivity contribution < 1.29 is 53.4 Å². The van der Waals surface area contributed by atoms with Gasteiger partial charge in [-0.25, -0.2) is 9.78 Å². The third-order valence-corrected chi connectivity index (χ3v) is 9.25. The van der Waals surface area contributed by atoms with Crippen LogP contribution in [-0.2, 0) is 49.6 Å². The number of imidazole rings is 1. The Morgan fingerprint density at radius 1 is 0.875 bits per heavy atom. The number of nitrogens with one attached hydrogen (secondary N) is 6. The highest BCUT2D eigenvalue weighted by Crippen LogP contribution is 2.21. The lowest BCUT2D eigenvalue weighted by atomic mass is 10.0. The Hall–Kier alpha value is -5.29. The van der Waals surface area contributed by atoms with Gasteiger partial charge in [0.15, 0.2) is 0 Å². The Kier molecular flexibility index (Phi) is 19.2. The summed E-state index contributed by atoms with van der Waals surface area (Å²) in [6, 6.07) is -9.66. The lowest BCUT2D eigenvalue weighted by molar-refractivity contribution is -0.145. The molecule has 1 aromatic rings. The summed E-state index contributed by atoms with van der Waals surface area (Å²) in [7, 11) is 0. The lowest BCUT2D eigenvalue weighted by Gasteiger charge is -2.30. The van der Waals surface area contributed by atoms with Gasteiger partial charge in [-0.2, -0.15) is 11.8 Å². The zero-order valence-electron chi connectivity index (χ0n) is 31.4. The van der Waals surface area contributed by atoms with E-state index in [4.69, 9.17) is 17.2 Å². The number of carboxylic acid groups (broad SMARTS) is 1. The highest BCUT2D eigenvalue weighted by atomic mass is 32.2. The van der Waals surface area contributed by atoms with Crippen molar-refractivity contribution in [1.29, 1.82) is 0 Å². The lowest BCUT2D eigenvalue weighted by Crippen LogP contribution is -2.61. The minimum atomic E-state index is -1.74. The molecule has 2 heterocycles. The van der Waals surface area contributed by atoms with Crippen molar-refractivity contribution in [3.8, 4) is 0 Å². The van der Waals surface area contributed by atoms with E-state index in [0.717, 1.165) is 0 Å². The first-order chi connectivity index (χ1) is 26.4. The molecule has 22 nitrogen and oxygen atoms in total. The summed E-state index contributed by atoms with van der Waals surface area (Å²) in [5.41, 5.74) is 16.3. The smallest absolute Gasteiger partial charge is 0.326 e. The number of nitrogens with two attached hydrogens (primary N) is 3. The quantitative estimate of drug-likeness (QED) is 0.0468. The first-order valence-corrected chi connectivity index (χ1v) is 19.2. The average molecular weight is 812 g/mol. The van der Waals surface area contributed by atoms with Crippen LogP contribution in [0.3, 0.4) is 0 Å². The van der Waals surface area contributed by atoms with Gasteiger partial charge in [0.1, 0.15) is 36.3 Å². The molecule has 312 valence electrons. The van der Waals surface area contributed by atoms with Gasteiger partial charge in [0, 0.05) is 24.9 Å². The molecule has 1 fully saturated rings. The van der Waals surface area contributed by atoms with Gasteiger partial charge in [-0.3, -0.25) is 38.4 Å². The van der Waals surface area contributed by atoms with Crippen molar-refractivity contribution >= 4 is 65.0 Å². The van der Waals surface area contributed by atoms with Crippen LogP contribution in [0.4, 0.5) is 0 Å². The molecule has 23 heteroatoms.